The van der Waals surface area contributed by atoms with Crippen LogP contribution in [0.25, 0.3) is 17.1 Å². The minimum absolute atomic E-state index is 0.0806. The molecule has 3 N–H and O–H groups in total. The number of likely N-dealkylation sites (tertiary alicyclic amines) is 1. The van der Waals surface area contributed by atoms with Crippen molar-refractivity contribution in [2.75, 3.05) is 24.5 Å². The van der Waals surface area contributed by atoms with Gasteiger partial charge in [0.05, 0.1) is 18.0 Å². The largest absolute Gasteiger partial charge is 0.463 e. The molecule has 2 atom stereocenters. The highest BCUT2D eigenvalue weighted by atomic mass is 16.3. The summed E-state index contributed by atoms with van der Waals surface area (Å²) < 4.78 is 7.23. The number of H-pyrrole nitrogens is 1. The van der Waals surface area contributed by atoms with Crippen molar-refractivity contribution in [1.82, 2.24) is 29.7 Å². The zero-order chi connectivity index (χ0) is 23.2. The van der Waals surface area contributed by atoms with Gasteiger partial charge in [0, 0.05) is 49.6 Å². The fourth-order valence-electron chi connectivity index (χ4n) is 5.10. The van der Waals surface area contributed by atoms with Gasteiger partial charge in [-0.2, -0.15) is 10.2 Å². The van der Waals surface area contributed by atoms with Crippen molar-refractivity contribution >= 4 is 17.4 Å². The standard InChI is InChI=1S/C24H28N8O2/c1-15-13-32-22(26-23(15)30-9-7-16(25)14-30)12-17(29-32)20-5-2-3-8-31(20)24(33)19-11-18(27-28-19)21-6-4-10-34-21/h4,6,10-13,16,20H,2-3,5,7-9,14,25H2,1H3,(H,27,28)/t16-,20-/m0/s1. The third-order valence-electron chi connectivity index (χ3n) is 6.84. The molecule has 0 aliphatic carbocycles. The van der Waals surface area contributed by atoms with E-state index < -0.39 is 0 Å². The monoisotopic (exact) mass is 460 g/mol. The Morgan fingerprint density at radius 2 is 2.15 bits per heavy atom. The number of anilines is 1. The number of fused-ring (bicyclic) bond motifs is 1. The van der Waals surface area contributed by atoms with Gasteiger partial charge in [-0.15, -0.1) is 0 Å². The van der Waals surface area contributed by atoms with Crippen molar-refractivity contribution in [2.24, 2.45) is 5.73 Å². The molecule has 0 radical (unpaired) electrons. The van der Waals surface area contributed by atoms with Gasteiger partial charge < -0.3 is 20.0 Å². The second-order valence-corrected chi connectivity index (χ2v) is 9.27. The Labute approximate surface area is 196 Å². The zero-order valence-electron chi connectivity index (χ0n) is 19.1. The lowest BCUT2D eigenvalue weighted by molar-refractivity contribution is 0.0599. The molecule has 4 aromatic rings. The number of amides is 1. The molecule has 0 aromatic carbocycles. The average molecular weight is 461 g/mol. The summed E-state index contributed by atoms with van der Waals surface area (Å²) in [6.45, 7) is 4.47. The van der Waals surface area contributed by atoms with Gasteiger partial charge in [0.15, 0.2) is 11.4 Å². The van der Waals surface area contributed by atoms with Crippen LogP contribution >= 0.6 is 0 Å². The molecule has 0 bridgehead atoms. The zero-order valence-corrected chi connectivity index (χ0v) is 19.1. The molecule has 10 nitrogen and oxygen atoms in total. The summed E-state index contributed by atoms with van der Waals surface area (Å²) in [5.41, 5.74) is 9.89. The first kappa shape index (κ1) is 20.9. The Morgan fingerprint density at radius 1 is 1.24 bits per heavy atom. The number of carbonyl (C=O) groups excluding carboxylic acids is 1. The molecule has 0 unspecified atom stereocenters. The summed E-state index contributed by atoms with van der Waals surface area (Å²) in [6, 6.07) is 7.46. The number of piperidine rings is 1. The molecular weight excluding hydrogens is 432 g/mol. The SMILES string of the molecule is Cc1cn2nc([C@@H]3CCCCN3C(=O)c3cc(-c4ccco4)n[nH]3)cc2nc1N1CC[C@H](N)C1. The van der Waals surface area contributed by atoms with E-state index in [9.17, 15) is 4.79 Å². The molecule has 2 saturated heterocycles. The summed E-state index contributed by atoms with van der Waals surface area (Å²) >= 11 is 0. The van der Waals surface area contributed by atoms with Gasteiger partial charge in [0.25, 0.3) is 5.91 Å². The molecule has 1 amide bonds. The van der Waals surface area contributed by atoms with Crippen LogP contribution in [0.1, 0.15) is 53.5 Å². The Balaban J connectivity index is 1.29. The van der Waals surface area contributed by atoms with Crippen LogP contribution in [0.5, 0.6) is 0 Å². The van der Waals surface area contributed by atoms with Crippen molar-refractivity contribution < 1.29 is 9.21 Å². The van der Waals surface area contributed by atoms with Gasteiger partial charge >= 0.3 is 0 Å². The van der Waals surface area contributed by atoms with E-state index in [1.807, 2.05) is 27.7 Å². The highest BCUT2D eigenvalue weighted by molar-refractivity contribution is 5.93. The summed E-state index contributed by atoms with van der Waals surface area (Å²) in [4.78, 5) is 22.5. The molecule has 2 aliphatic heterocycles. The second-order valence-electron chi connectivity index (χ2n) is 9.27. The maximum atomic E-state index is 13.4. The number of carbonyl (C=O) groups is 1. The molecule has 10 heteroatoms. The van der Waals surface area contributed by atoms with E-state index in [2.05, 4.69) is 22.0 Å². The normalized spacial score (nSPS) is 21.0. The minimum Gasteiger partial charge on any atom is -0.463 e. The van der Waals surface area contributed by atoms with E-state index in [4.69, 9.17) is 20.2 Å². The van der Waals surface area contributed by atoms with Crippen molar-refractivity contribution in [1.29, 1.82) is 0 Å². The average Bonchev–Trinajstić information content (AvgIpc) is 3.64. The van der Waals surface area contributed by atoms with Gasteiger partial charge in [-0.25, -0.2) is 9.50 Å². The van der Waals surface area contributed by atoms with Crippen LogP contribution in [-0.4, -0.2) is 61.3 Å². The number of nitrogens with zero attached hydrogens (tertiary/aromatic N) is 6. The molecule has 0 saturated carbocycles. The number of nitrogens with two attached hydrogens (primary N) is 1. The lowest BCUT2D eigenvalue weighted by Crippen LogP contribution is -2.38. The first-order valence-corrected chi connectivity index (χ1v) is 11.8. The van der Waals surface area contributed by atoms with E-state index in [-0.39, 0.29) is 18.0 Å². The Morgan fingerprint density at radius 3 is 2.94 bits per heavy atom. The van der Waals surface area contributed by atoms with Gasteiger partial charge in [-0.1, -0.05) is 0 Å². The van der Waals surface area contributed by atoms with E-state index in [1.165, 1.54) is 0 Å². The van der Waals surface area contributed by atoms with Crippen LogP contribution in [0.15, 0.2) is 41.1 Å². The van der Waals surface area contributed by atoms with Crippen LogP contribution in [-0.2, 0) is 0 Å². The number of hydrogen-bond donors (Lipinski definition) is 2. The molecule has 0 spiro atoms. The summed E-state index contributed by atoms with van der Waals surface area (Å²) in [5.74, 6) is 1.51. The fraction of sp³-hybridized carbons (Fsp3) is 0.417. The predicted octanol–water partition coefficient (Wildman–Crippen LogP) is 2.93. The molecule has 6 heterocycles. The van der Waals surface area contributed by atoms with Crippen LogP contribution in [0, 0.1) is 6.92 Å². The Hall–Kier alpha value is -3.66. The molecule has 176 valence electrons. The molecule has 2 fully saturated rings. The van der Waals surface area contributed by atoms with E-state index in [0.29, 0.717) is 23.7 Å². The highest BCUT2D eigenvalue weighted by Crippen LogP contribution is 2.33. The lowest BCUT2D eigenvalue weighted by Gasteiger charge is -2.34. The van der Waals surface area contributed by atoms with Crippen molar-refractivity contribution in [3.8, 4) is 11.5 Å². The van der Waals surface area contributed by atoms with Crippen molar-refractivity contribution in [3.05, 3.63) is 53.7 Å². The van der Waals surface area contributed by atoms with Gasteiger partial charge in [-0.05, 0) is 44.7 Å². The number of aryl methyl sites for hydroxylation is 1. The maximum absolute atomic E-state index is 13.4. The number of aromatic nitrogens is 5. The number of nitrogens with one attached hydrogen (secondary N) is 1. The van der Waals surface area contributed by atoms with Crippen molar-refractivity contribution in [3.63, 3.8) is 0 Å². The number of aromatic amines is 1. The molecule has 2 aliphatic rings. The highest BCUT2D eigenvalue weighted by Gasteiger charge is 2.32. The maximum Gasteiger partial charge on any atom is 0.272 e. The van der Waals surface area contributed by atoms with Gasteiger partial charge in [-0.3, -0.25) is 9.89 Å². The lowest BCUT2D eigenvalue weighted by atomic mass is 9.99. The summed E-state index contributed by atoms with van der Waals surface area (Å²) in [7, 11) is 0. The van der Waals surface area contributed by atoms with E-state index in [0.717, 1.165) is 61.5 Å². The molecule has 4 aromatic heterocycles. The summed E-state index contributed by atoms with van der Waals surface area (Å²) in [6.07, 6.45) is 7.46. The Bertz CT molecular complexity index is 1320. The minimum atomic E-state index is -0.109. The first-order valence-electron chi connectivity index (χ1n) is 11.8. The molecule has 6 rings (SSSR count). The van der Waals surface area contributed by atoms with Crippen LogP contribution < -0.4 is 10.6 Å². The number of rotatable bonds is 4. The van der Waals surface area contributed by atoms with Crippen molar-refractivity contribution in [2.45, 2.75) is 44.7 Å². The quantitative estimate of drug-likeness (QED) is 0.480. The third kappa shape index (κ3) is 3.63. The predicted molar refractivity (Wildman–Crippen MR) is 126 cm³/mol. The van der Waals surface area contributed by atoms with Gasteiger partial charge in [0.2, 0.25) is 0 Å². The number of hydrogen-bond acceptors (Lipinski definition) is 7. The first-order chi connectivity index (χ1) is 16.6. The topological polar surface area (TPSA) is 122 Å². The molecular formula is C24H28N8O2. The smallest absolute Gasteiger partial charge is 0.272 e. The third-order valence-corrected chi connectivity index (χ3v) is 6.84. The summed E-state index contributed by atoms with van der Waals surface area (Å²) in [5, 5.41) is 12.0. The number of furan rings is 1. The second kappa shape index (κ2) is 8.28. The van der Waals surface area contributed by atoms with Crippen LogP contribution in [0.2, 0.25) is 0 Å². The van der Waals surface area contributed by atoms with Crippen LogP contribution in [0.4, 0.5) is 5.82 Å². The van der Waals surface area contributed by atoms with E-state index >= 15 is 0 Å². The fourth-order valence-corrected chi connectivity index (χ4v) is 5.10. The Kier molecular flexibility index (Phi) is 5.09. The van der Waals surface area contributed by atoms with Gasteiger partial charge in [0.1, 0.15) is 17.2 Å². The van der Waals surface area contributed by atoms with E-state index in [1.54, 1.807) is 18.4 Å². The van der Waals surface area contributed by atoms with Crippen LogP contribution in [0.3, 0.4) is 0 Å². The molecule has 34 heavy (non-hydrogen) atoms.